The number of ether oxygens (including phenoxy) is 1. The number of esters is 1. The molecule has 0 atom stereocenters. The lowest BCUT2D eigenvalue weighted by atomic mass is 10.1. The topological polar surface area (TPSA) is 83.0 Å². The van der Waals surface area contributed by atoms with E-state index in [9.17, 15) is 4.79 Å². The van der Waals surface area contributed by atoms with Crippen molar-refractivity contribution in [3.63, 3.8) is 0 Å². The molecule has 0 aliphatic heterocycles. The van der Waals surface area contributed by atoms with Crippen molar-refractivity contribution in [2.75, 3.05) is 18.6 Å². The maximum absolute atomic E-state index is 12.3. The van der Waals surface area contributed by atoms with E-state index in [0.717, 1.165) is 5.56 Å². The quantitative estimate of drug-likeness (QED) is 0.446. The van der Waals surface area contributed by atoms with Gasteiger partial charge in [-0.3, -0.25) is 0 Å². The lowest BCUT2D eigenvalue weighted by Gasteiger charge is -2.06. The summed E-state index contributed by atoms with van der Waals surface area (Å²) in [5.74, 6) is -0.458. The second-order valence-corrected chi connectivity index (χ2v) is 5.94. The first kappa shape index (κ1) is 16.3. The number of nitrogens with two attached hydrogens (primary N) is 1. The second-order valence-electron chi connectivity index (χ2n) is 5.17. The Morgan fingerprint density at radius 3 is 2.62 bits per heavy atom. The second kappa shape index (κ2) is 6.52. The SMILES string of the molecule is CCOC(=O)c1c(N)c2c(-c3ccccc3)nc(SC)nc2n1C. The zero-order valence-electron chi connectivity index (χ0n) is 13.7. The van der Waals surface area contributed by atoms with Crippen LogP contribution in [-0.2, 0) is 11.8 Å². The molecular weight excluding hydrogens is 324 g/mol. The minimum absolute atomic E-state index is 0.285. The highest BCUT2D eigenvalue weighted by Crippen LogP contribution is 2.35. The summed E-state index contributed by atoms with van der Waals surface area (Å²) in [4.78, 5) is 21.4. The molecule has 0 amide bonds. The van der Waals surface area contributed by atoms with Gasteiger partial charge in [-0.05, 0) is 13.2 Å². The first-order chi connectivity index (χ1) is 11.6. The van der Waals surface area contributed by atoms with Crippen LogP contribution in [0.25, 0.3) is 22.3 Å². The molecule has 0 bridgehead atoms. The van der Waals surface area contributed by atoms with Gasteiger partial charge in [0, 0.05) is 12.6 Å². The van der Waals surface area contributed by atoms with Crippen LogP contribution in [0.4, 0.5) is 5.69 Å². The van der Waals surface area contributed by atoms with Crippen LogP contribution in [0.5, 0.6) is 0 Å². The smallest absolute Gasteiger partial charge is 0.357 e. The van der Waals surface area contributed by atoms with Gasteiger partial charge in [0.15, 0.2) is 10.9 Å². The molecule has 0 aliphatic rings. The van der Waals surface area contributed by atoms with Gasteiger partial charge < -0.3 is 15.0 Å². The van der Waals surface area contributed by atoms with E-state index < -0.39 is 5.97 Å². The lowest BCUT2D eigenvalue weighted by Crippen LogP contribution is -2.12. The maximum atomic E-state index is 12.3. The van der Waals surface area contributed by atoms with E-state index >= 15 is 0 Å². The number of aromatic nitrogens is 3. The first-order valence-corrected chi connectivity index (χ1v) is 8.73. The van der Waals surface area contributed by atoms with Crippen LogP contribution >= 0.6 is 11.8 Å². The van der Waals surface area contributed by atoms with Gasteiger partial charge in [-0.15, -0.1) is 0 Å². The Morgan fingerprint density at radius 1 is 1.29 bits per heavy atom. The number of hydrogen-bond donors (Lipinski definition) is 1. The molecule has 2 N–H and O–H groups in total. The molecule has 1 aromatic carbocycles. The third-order valence-corrected chi connectivity index (χ3v) is 4.29. The van der Waals surface area contributed by atoms with Crippen molar-refractivity contribution in [3.8, 4) is 11.3 Å². The Hall–Kier alpha value is -2.54. The molecule has 3 rings (SSSR count). The minimum atomic E-state index is -0.458. The Bertz CT molecular complexity index is 906. The van der Waals surface area contributed by atoms with Crippen molar-refractivity contribution in [2.45, 2.75) is 12.1 Å². The number of carbonyl (C=O) groups excluding carboxylic acids is 1. The summed E-state index contributed by atoms with van der Waals surface area (Å²) in [5.41, 5.74) is 9.20. The summed E-state index contributed by atoms with van der Waals surface area (Å²) in [6.07, 6.45) is 1.91. The van der Waals surface area contributed by atoms with Crippen LogP contribution in [0.2, 0.25) is 0 Å². The number of thioether (sulfide) groups is 1. The van der Waals surface area contributed by atoms with Gasteiger partial charge in [-0.25, -0.2) is 14.8 Å². The summed E-state index contributed by atoms with van der Waals surface area (Å²) in [6, 6.07) is 9.74. The number of nitrogens with zero attached hydrogens (tertiary/aromatic N) is 3. The summed E-state index contributed by atoms with van der Waals surface area (Å²) in [5, 5.41) is 1.29. The lowest BCUT2D eigenvalue weighted by molar-refractivity contribution is 0.0517. The molecule has 0 fully saturated rings. The molecule has 0 aliphatic carbocycles. The minimum Gasteiger partial charge on any atom is -0.461 e. The van der Waals surface area contributed by atoms with Gasteiger partial charge >= 0.3 is 5.97 Å². The number of benzene rings is 1. The molecule has 0 saturated carbocycles. The number of hydrogen-bond acceptors (Lipinski definition) is 6. The standard InChI is InChI=1S/C17H18N4O2S/c1-4-23-16(22)14-12(18)11-13(10-8-6-5-7-9-10)19-17(24-3)20-15(11)21(14)2/h5-9H,4,18H2,1-3H3. The van der Waals surface area contributed by atoms with E-state index in [1.165, 1.54) is 11.8 Å². The molecule has 0 unspecified atom stereocenters. The largest absolute Gasteiger partial charge is 0.461 e. The third kappa shape index (κ3) is 2.60. The Balaban J connectivity index is 2.36. The number of fused-ring (bicyclic) bond motifs is 1. The predicted octanol–water partition coefficient (Wildman–Crippen LogP) is 3.12. The molecule has 7 heteroatoms. The summed E-state index contributed by atoms with van der Waals surface area (Å²) in [7, 11) is 1.76. The van der Waals surface area contributed by atoms with Crippen LogP contribution in [0.15, 0.2) is 35.5 Å². The Morgan fingerprint density at radius 2 is 2.00 bits per heavy atom. The van der Waals surface area contributed by atoms with Gasteiger partial charge in [0.05, 0.1) is 23.4 Å². The summed E-state index contributed by atoms with van der Waals surface area (Å²) in [6.45, 7) is 2.05. The number of nitrogen functional groups attached to an aromatic ring is 1. The zero-order chi connectivity index (χ0) is 17.3. The van der Waals surface area contributed by atoms with Gasteiger partial charge in [-0.2, -0.15) is 0 Å². The highest BCUT2D eigenvalue weighted by molar-refractivity contribution is 7.98. The monoisotopic (exact) mass is 342 g/mol. The molecule has 0 saturated heterocycles. The molecule has 0 radical (unpaired) electrons. The van der Waals surface area contributed by atoms with E-state index in [1.807, 2.05) is 36.6 Å². The summed E-state index contributed by atoms with van der Waals surface area (Å²) >= 11 is 1.44. The van der Waals surface area contributed by atoms with Crippen molar-refractivity contribution in [1.29, 1.82) is 0 Å². The first-order valence-electron chi connectivity index (χ1n) is 7.50. The molecular formula is C17H18N4O2S. The van der Waals surface area contributed by atoms with Crippen molar-refractivity contribution in [1.82, 2.24) is 14.5 Å². The molecule has 2 aromatic heterocycles. The Labute approximate surface area is 144 Å². The van der Waals surface area contributed by atoms with Gasteiger partial charge in [0.2, 0.25) is 0 Å². The Kier molecular flexibility index (Phi) is 4.44. The summed E-state index contributed by atoms with van der Waals surface area (Å²) < 4.78 is 6.81. The zero-order valence-corrected chi connectivity index (χ0v) is 14.6. The molecule has 124 valence electrons. The van der Waals surface area contributed by atoms with Crippen molar-refractivity contribution in [3.05, 3.63) is 36.0 Å². The third-order valence-electron chi connectivity index (χ3n) is 3.75. The van der Waals surface area contributed by atoms with Crippen LogP contribution in [0.3, 0.4) is 0 Å². The average Bonchev–Trinajstić information content (AvgIpc) is 2.86. The molecule has 3 aromatic rings. The highest BCUT2D eigenvalue weighted by Gasteiger charge is 2.25. The fourth-order valence-electron chi connectivity index (χ4n) is 2.67. The van der Waals surface area contributed by atoms with Crippen LogP contribution in [0, 0.1) is 0 Å². The van der Waals surface area contributed by atoms with Crippen LogP contribution < -0.4 is 5.73 Å². The van der Waals surface area contributed by atoms with E-state index in [0.29, 0.717) is 33.3 Å². The fourth-order valence-corrected chi connectivity index (χ4v) is 3.03. The van der Waals surface area contributed by atoms with E-state index in [2.05, 4.69) is 9.97 Å². The number of carbonyl (C=O) groups is 1. The van der Waals surface area contributed by atoms with Crippen LogP contribution in [0.1, 0.15) is 17.4 Å². The van der Waals surface area contributed by atoms with Crippen molar-refractivity contribution >= 4 is 34.5 Å². The maximum Gasteiger partial charge on any atom is 0.357 e. The van der Waals surface area contributed by atoms with Crippen LogP contribution in [-0.4, -0.2) is 33.4 Å². The normalized spacial score (nSPS) is 11.0. The number of anilines is 1. The number of aryl methyl sites for hydroxylation is 1. The molecule has 6 nitrogen and oxygen atoms in total. The predicted molar refractivity (Wildman–Crippen MR) is 96.1 cm³/mol. The average molecular weight is 342 g/mol. The van der Waals surface area contributed by atoms with E-state index in [-0.39, 0.29) is 6.61 Å². The molecule has 2 heterocycles. The fraction of sp³-hybridized carbons (Fsp3) is 0.235. The van der Waals surface area contributed by atoms with Gasteiger partial charge in [-0.1, -0.05) is 42.1 Å². The van der Waals surface area contributed by atoms with Gasteiger partial charge in [0.25, 0.3) is 0 Å². The highest BCUT2D eigenvalue weighted by atomic mass is 32.2. The van der Waals surface area contributed by atoms with E-state index in [1.54, 1.807) is 18.5 Å². The molecule has 24 heavy (non-hydrogen) atoms. The number of rotatable bonds is 4. The molecule has 0 spiro atoms. The van der Waals surface area contributed by atoms with E-state index in [4.69, 9.17) is 10.5 Å². The van der Waals surface area contributed by atoms with Crippen molar-refractivity contribution in [2.24, 2.45) is 7.05 Å². The van der Waals surface area contributed by atoms with Crippen molar-refractivity contribution < 1.29 is 9.53 Å². The van der Waals surface area contributed by atoms with Gasteiger partial charge in [0.1, 0.15) is 5.65 Å².